The van der Waals surface area contributed by atoms with E-state index in [9.17, 15) is 0 Å². The molecule has 0 saturated heterocycles. The molecule has 26 heavy (non-hydrogen) atoms. The predicted octanol–water partition coefficient (Wildman–Crippen LogP) is 7.20. The molecule has 0 fully saturated rings. The molecule has 0 saturated carbocycles. The molecule has 0 spiro atoms. The second kappa shape index (κ2) is 5.06. The molecule has 0 amide bonds. The molecular formula is C26H15. The van der Waals surface area contributed by atoms with E-state index >= 15 is 0 Å². The van der Waals surface area contributed by atoms with Crippen molar-refractivity contribution in [3.63, 3.8) is 0 Å². The first kappa shape index (κ1) is 13.9. The lowest BCUT2D eigenvalue weighted by molar-refractivity contribution is 1.68. The molecule has 6 rings (SSSR count). The number of benzene rings is 6. The largest absolute Gasteiger partial charge is 0.0610 e. The molecule has 6 aromatic carbocycles. The van der Waals surface area contributed by atoms with E-state index in [0.717, 1.165) is 0 Å². The summed E-state index contributed by atoms with van der Waals surface area (Å²) in [4.78, 5) is 0. The van der Waals surface area contributed by atoms with Crippen LogP contribution in [0.25, 0.3) is 54.2 Å². The second-order valence-electron chi connectivity index (χ2n) is 7.00. The van der Waals surface area contributed by atoms with Gasteiger partial charge in [-0.1, -0.05) is 66.7 Å². The van der Waals surface area contributed by atoms with Crippen molar-refractivity contribution in [1.82, 2.24) is 0 Å². The van der Waals surface area contributed by atoms with E-state index in [2.05, 4.69) is 84.9 Å². The third-order valence-corrected chi connectivity index (χ3v) is 5.48. The summed E-state index contributed by atoms with van der Waals surface area (Å²) in [5, 5.41) is 10.5. The smallest absolute Gasteiger partial charge is 0.00264 e. The Morgan fingerprint density at radius 1 is 0.462 bits per heavy atom. The quantitative estimate of drug-likeness (QED) is 0.280. The summed E-state index contributed by atoms with van der Waals surface area (Å²) in [5.74, 6) is 0. The van der Waals surface area contributed by atoms with Gasteiger partial charge in [-0.3, -0.25) is 0 Å². The van der Waals surface area contributed by atoms with Crippen molar-refractivity contribution in [3.05, 3.63) is 97.1 Å². The maximum atomic E-state index is 3.15. The number of rotatable bonds is 1. The Balaban J connectivity index is 1.68. The predicted molar refractivity (Wildman–Crippen MR) is 112 cm³/mol. The molecule has 1 radical (unpaired) electrons. The highest BCUT2D eigenvalue weighted by Crippen LogP contribution is 2.37. The Bertz CT molecular complexity index is 1360. The topological polar surface area (TPSA) is 0 Å². The lowest BCUT2D eigenvalue weighted by Gasteiger charge is -2.13. The van der Waals surface area contributed by atoms with Gasteiger partial charge in [-0.2, -0.15) is 0 Å². The van der Waals surface area contributed by atoms with E-state index in [1.54, 1.807) is 0 Å². The van der Waals surface area contributed by atoms with Crippen molar-refractivity contribution in [3.8, 4) is 11.1 Å². The van der Waals surface area contributed by atoms with Crippen molar-refractivity contribution in [2.45, 2.75) is 0 Å². The lowest BCUT2D eigenvalue weighted by atomic mass is 9.91. The minimum absolute atomic E-state index is 1.23. The summed E-state index contributed by atoms with van der Waals surface area (Å²) in [7, 11) is 0. The highest BCUT2D eigenvalue weighted by molar-refractivity contribution is 6.23. The molecule has 0 bridgehead atoms. The van der Waals surface area contributed by atoms with Gasteiger partial charge in [0.15, 0.2) is 0 Å². The zero-order valence-electron chi connectivity index (χ0n) is 14.2. The zero-order chi connectivity index (χ0) is 17.1. The fraction of sp³-hybridized carbons (Fsp3) is 0. The van der Waals surface area contributed by atoms with E-state index in [4.69, 9.17) is 0 Å². The first-order chi connectivity index (χ1) is 12.9. The molecule has 119 valence electrons. The Morgan fingerprint density at radius 3 is 1.85 bits per heavy atom. The molecule has 0 N–H and O–H groups in total. The van der Waals surface area contributed by atoms with Crippen LogP contribution in [-0.4, -0.2) is 0 Å². The third kappa shape index (κ3) is 1.90. The van der Waals surface area contributed by atoms with Crippen LogP contribution < -0.4 is 0 Å². The van der Waals surface area contributed by atoms with Crippen molar-refractivity contribution < 1.29 is 0 Å². The number of hydrogen-bond donors (Lipinski definition) is 0. The van der Waals surface area contributed by atoms with Gasteiger partial charge in [0.2, 0.25) is 0 Å². The molecule has 6 aromatic rings. The summed E-state index contributed by atoms with van der Waals surface area (Å²) in [6.07, 6.45) is 0. The Morgan fingerprint density at radius 2 is 1.08 bits per heavy atom. The van der Waals surface area contributed by atoms with Crippen LogP contribution in [0.3, 0.4) is 0 Å². The maximum Gasteiger partial charge on any atom is -0.00264 e. The highest BCUT2D eigenvalue weighted by Gasteiger charge is 2.10. The Kier molecular flexibility index (Phi) is 2.70. The first-order valence-corrected chi connectivity index (χ1v) is 8.95. The summed E-state index contributed by atoms with van der Waals surface area (Å²) in [5.41, 5.74) is 2.53. The van der Waals surface area contributed by atoms with Crippen LogP contribution in [0.5, 0.6) is 0 Å². The van der Waals surface area contributed by atoms with Gasteiger partial charge in [0.25, 0.3) is 0 Å². The summed E-state index contributed by atoms with van der Waals surface area (Å²) in [6.45, 7) is 0. The van der Waals surface area contributed by atoms with Gasteiger partial charge in [-0.25, -0.2) is 0 Å². The summed E-state index contributed by atoms with van der Waals surface area (Å²) in [6, 6.07) is 36.2. The highest BCUT2D eigenvalue weighted by atomic mass is 14.1. The third-order valence-electron chi connectivity index (χ3n) is 5.48. The van der Waals surface area contributed by atoms with E-state index in [1.807, 2.05) is 12.1 Å². The standard InChI is InChI=1S/C26H15/c1-2-5-20-14-21(11-8-17(20)4-1)24-15-22-12-9-18-6-3-7-19-10-13-23(16-24)26(22)25(18)19/h2-16H. The van der Waals surface area contributed by atoms with Crippen LogP contribution in [0.15, 0.2) is 91.0 Å². The number of fused-ring (bicyclic) bond motifs is 1. The Labute approximate surface area is 151 Å². The molecule has 0 heterocycles. The van der Waals surface area contributed by atoms with Crippen LogP contribution in [0.2, 0.25) is 0 Å². The maximum absolute atomic E-state index is 3.15. The molecule has 0 aromatic heterocycles. The summed E-state index contributed by atoms with van der Waals surface area (Å²) < 4.78 is 0. The molecule has 0 heteroatoms. The van der Waals surface area contributed by atoms with Crippen LogP contribution in [0, 0.1) is 6.07 Å². The zero-order valence-corrected chi connectivity index (χ0v) is 14.2. The average Bonchev–Trinajstić information content (AvgIpc) is 2.71. The van der Waals surface area contributed by atoms with Crippen LogP contribution in [-0.2, 0) is 0 Å². The molecule has 0 atom stereocenters. The minimum atomic E-state index is 1.23. The Hall–Kier alpha value is -3.38. The first-order valence-electron chi connectivity index (χ1n) is 8.95. The molecule has 0 nitrogen and oxygen atoms in total. The average molecular weight is 327 g/mol. The molecular weight excluding hydrogens is 312 g/mol. The molecule has 0 aliphatic heterocycles. The van der Waals surface area contributed by atoms with Gasteiger partial charge in [0.1, 0.15) is 0 Å². The van der Waals surface area contributed by atoms with Crippen LogP contribution >= 0.6 is 0 Å². The molecule has 0 aliphatic carbocycles. The number of hydrogen-bond acceptors (Lipinski definition) is 0. The fourth-order valence-electron chi connectivity index (χ4n) is 4.23. The van der Waals surface area contributed by atoms with Gasteiger partial charge in [0.05, 0.1) is 0 Å². The van der Waals surface area contributed by atoms with Gasteiger partial charge >= 0.3 is 0 Å². The van der Waals surface area contributed by atoms with E-state index < -0.39 is 0 Å². The molecule has 0 unspecified atom stereocenters. The van der Waals surface area contributed by atoms with Crippen LogP contribution in [0.1, 0.15) is 0 Å². The fourth-order valence-corrected chi connectivity index (χ4v) is 4.23. The van der Waals surface area contributed by atoms with Crippen molar-refractivity contribution >= 4 is 43.1 Å². The van der Waals surface area contributed by atoms with Gasteiger partial charge in [-0.15, -0.1) is 0 Å². The van der Waals surface area contributed by atoms with Crippen molar-refractivity contribution in [2.75, 3.05) is 0 Å². The normalized spacial score (nSPS) is 11.8. The molecule has 0 aliphatic rings. The van der Waals surface area contributed by atoms with Gasteiger partial charge in [0, 0.05) is 0 Å². The van der Waals surface area contributed by atoms with Crippen molar-refractivity contribution in [2.24, 2.45) is 0 Å². The monoisotopic (exact) mass is 327 g/mol. The second-order valence-corrected chi connectivity index (χ2v) is 7.00. The minimum Gasteiger partial charge on any atom is -0.0610 e. The van der Waals surface area contributed by atoms with Crippen molar-refractivity contribution in [1.29, 1.82) is 0 Å². The van der Waals surface area contributed by atoms with Gasteiger partial charge in [-0.05, 0) is 84.5 Å². The SMILES string of the molecule is [c]1ccc2cc(-c3cc4ccc5cccc6ccc(c3)c4c56)ccc2c1. The summed E-state index contributed by atoms with van der Waals surface area (Å²) >= 11 is 0. The van der Waals surface area contributed by atoms with E-state index in [-0.39, 0.29) is 0 Å². The van der Waals surface area contributed by atoms with Gasteiger partial charge < -0.3 is 0 Å². The van der Waals surface area contributed by atoms with E-state index in [0.29, 0.717) is 0 Å². The van der Waals surface area contributed by atoms with Crippen LogP contribution in [0.4, 0.5) is 0 Å². The lowest BCUT2D eigenvalue weighted by Crippen LogP contribution is -1.86. The van der Waals surface area contributed by atoms with E-state index in [1.165, 1.54) is 54.2 Å².